The first-order valence-electron chi connectivity index (χ1n) is 7.48. The van der Waals surface area contributed by atoms with Gasteiger partial charge in [-0.2, -0.15) is 0 Å². The number of anilines is 2. The molecule has 0 spiro atoms. The van der Waals surface area contributed by atoms with E-state index in [9.17, 15) is 4.39 Å². The highest BCUT2D eigenvalue weighted by Crippen LogP contribution is 2.32. The highest BCUT2D eigenvalue weighted by molar-refractivity contribution is 6.33. The Labute approximate surface area is 141 Å². The van der Waals surface area contributed by atoms with Gasteiger partial charge in [-0.05, 0) is 56.2 Å². The highest BCUT2D eigenvalue weighted by atomic mass is 35.5. The normalized spacial score (nSPS) is 11.0. The SMILES string of the molecule is CCN(C)C=Nc1cc(C)c(Nc2ccc(C)c(F)c2)cc1Cl. The van der Waals surface area contributed by atoms with E-state index < -0.39 is 0 Å². The molecule has 0 fully saturated rings. The van der Waals surface area contributed by atoms with Crippen molar-refractivity contribution < 1.29 is 4.39 Å². The lowest BCUT2D eigenvalue weighted by Gasteiger charge is -2.13. The van der Waals surface area contributed by atoms with Crippen LogP contribution in [-0.2, 0) is 0 Å². The largest absolute Gasteiger partial charge is 0.366 e. The van der Waals surface area contributed by atoms with Crippen molar-refractivity contribution in [3.63, 3.8) is 0 Å². The predicted molar refractivity (Wildman–Crippen MR) is 97.1 cm³/mol. The molecule has 122 valence electrons. The summed E-state index contributed by atoms with van der Waals surface area (Å²) in [4.78, 5) is 6.36. The molecule has 0 aliphatic carbocycles. The van der Waals surface area contributed by atoms with Crippen molar-refractivity contribution in [2.45, 2.75) is 20.8 Å². The smallest absolute Gasteiger partial charge is 0.128 e. The maximum Gasteiger partial charge on any atom is 0.128 e. The first-order chi connectivity index (χ1) is 10.9. The number of hydrogen-bond acceptors (Lipinski definition) is 2. The number of benzene rings is 2. The third kappa shape index (κ3) is 4.45. The van der Waals surface area contributed by atoms with Gasteiger partial charge in [0.2, 0.25) is 0 Å². The Hall–Kier alpha value is -2.07. The maximum atomic E-state index is 13.6. The summed E-state index contributed by atoms with van der Waals surface area (Å²) in [6, 6.07) is 8.79. The molecule has 0 aromatic heterocycles. The van der Waals surface area contributed by atoms with Crippen LogP contribution in [0, 0.1) is 19.7 Å². The van der Waals surface area contributed by atoms with Crippen molar-refractivity contribution in [1.29, 1.82) is 0 Å². The number of nitrogens with zero attached hydrogens (tertiary/aromatic N) is 2. The van der Waals surface area contributed by atoms with E-state index in [-0.39, 0.29) is 5.82 Å². The van der Waals surface area contributed by atoms with Crippen molar-refractivity contribution in [2.24, 2.45) is 4.99 Å². The maximum absolute atomic E-state index is 13.6. The van der Waals surface area contributed by atoms with E-state index in [0.717, 1.165) is 17.8 Å². The third-order valence-electron chi connectivity index (χ3n) is 3.64. The zero-order valence-electron chi connectivity index (χ0n) is 13.8. The van der Waals surface area contributed by atoms with Crippen LogP contribution >= 0.6 is 11.6 Å². The summed E-state index contributed by atoms with van der Waals surface area (Å²) in [5.41, 5.74) is 3.84. The van der Waals surface area contributed by atoms with E-state index >= 15 is 0 Å². The van der Waals surface area contributed by atoms with Crippen LogP contribution in [0.3, 0.4) is 0 Å². The number of aliphatic imine (C=N–C) groups is 1. The average Bonchev–Trinajstić information content (AvgIpc) is 2.52. The van der Waals surface area contributed by atoms with Crippen molar-refractivity contribution in [1.82, 2.24) is 4.90 Å². The molecule has 2 aromatic carbocycles. The molecule has 0 heterocycles. The summed E-state index contributed by atoms with van der Waals surface area (Å²) < 4.78 is 13.6. The first-order valence-corrected chi connectivity index (χ1v) is 7.86. The van der Waals surface area contributed by atoms with Crippen LogP contribution in [0.5, 0.6) is 0 Å². The lowest BCUT2D eigenvalue weighted by molar-refractivity contribution is 0.552. The number of rotatable bonds is 5. The molecule has 2 rings (SSSR count). The molecule has 3 nitrogen and oxygen atoms in total. The van der Waals surface area contributed by atoms with Gasteiger partial charge >= 0.3 is 0 Å². The molecule has 0 atom stereocenters. The second kappa shape index (κ2) is 7.47. The van der Waals surface area contributed by atoms with E-state index in [1.54, 1.807) is 19.3 Å². The molecule has 0 aliphatic rings. The summed E-state index contributed by atoms with van der Waals surface area (Å²) in [5.74, 6) is -0.234. The fraction of sp³-hybridized carbons (Fsp3) is 0.278. The second-order valence-corrected chi connectivity index (χ2v) is 5.93. The number of nitrogens with one attached hydrogen (secondary N) is 1. The second-order valence-electron chi connectivity index (χ2n) is 5.53. The quantitative estimate of drug-likeness (QED) is 0.582. The van der Waals surface area contributed by atoms with Crippen LogP contribution in [0.2, 0.25) is 5.02 Å². The summed E-state index contributed by atoms with van der Waals surface area (Å²) in [6.07, 6.45) is 1.75. The van der Waals surface area contributed by atoms with Gasteiger partial charge in [0.05, 0.1) is 17.0 Å². The van der Waals surface area contributed by atoms with Crippen molar-refractivity contribution in [3.05, 3.63) is 52.3 Å². The zero-order valence-corrected chi connectivity index (χ0v) is 14.6. The van der Waals surface area contributed by atoms with E-state index in [2.05, 4.69) is 10.3 Å². The van der Waals surface area contributed by atoms with E-state index in [4.69, 9.17) is 11.6 Å². The molecule has 0 amide bonds. The van der Waals surface area contributed by atoms with Gasteiger partial charge in [-0.25, -0.2) is 9.38 Å². The minimum absolute atomic E-state index is 0.234. The van der Waals surface area contributed by atoms with Gasteiger partial charge in [0, 0.05) is 25.0 Å². The van der Waals surface area contributed by atoms with Crippen LogP contribution in [0.15, 0.2) is 35.3 Å². The minimum atomic E-state index is -0.234. The topological polar surface area (TPSA) is 27.6 Å². The molecule has 0 aliphatic heterocycles. The Kier molecular flexibility index (Phi) is 5.61. The van der Waals surface area contributed by atoms with E-state index in [1.807, 2.05) is 44.0 Å². The van der Waals surface area contributed by atoms with E-state index in [1.165, 1.54) is 6.07 Å². The standard InChI is InChI=1S/C18H21ClFN3/c1-5-23(4)11-21-18-8-13(3)17(10-15(18)19)22-14-7-6-12(2)16(20)9-14/h6-11,22H,5H2,1-4H3. The molecule has 0 unspecified atom stereocenters. The predicted octanol–water partition coefficient (Wildman–Crippen LogP) is 5.45. The molecular formula is C18H21ClFN3. The van der Waals surface area contributed by atoms with Crippen molar-refractivity contribution >= 4 is 35.0 Å². The Morgan fingerprint density at radius 3 is 2.61 bits per heavy atom. The van der Waals surface area contributed by atoms with Crippen LogP contribution in [-0.4, -0.2) is 24.8 Å². The Morgan fingerprint density at radius 1 is 1.22 bits per heavy atom. The molecule has 23 heavy (non-hydrogen) atoms. The fourth-order valence-electron chi connectivity index (χ4n) is 1.97. The minimum Gasteiger partial charge on any atom is -0.366 e. The molecule has 1 N–H and O–H groups in total. The van der Waals surface area contributed by atoms with Gasteiger partial charge < -0.3 is 10.2 Å². The summed E-state index contributed by atoms with van der Waals surface area (Å²) >= 11 is 6.30. The van der Waals surface area contributed by atoms with Gasteiger partial charge in [0.1, 0.15) is 5.82 Å². The Morgan fingerprint density at radius 2 is 1.96 bits per heavy atom. The average molecular weight is 334 g/mol. The first kappa shape index (κ1) is 17.3. The zero-order chi connectivity index (χ0) is 17.0. The van der Waals surface area contributed by atoms with Crippen LogP contribution < -0.4 is 5.32 Å². The molecular weight excluding hydrogens is 313 g/mol. The summed E-state index contributed by atoms with van der Waals surface area (Å²) in [5, 5.41) is 3.75. The number of halogens is 2. The fourth-order valence-corrected chi connectivity index (χ4v) is 2.18. The van der Waals surface area contributed by atoms with Gasteiger partial charge in [-0.1, -0.05) is 17.7 Å². The number of hydrogen-bond donors (Lipinski definition) is 1. The van der Waals surface area contributed by atoms with E-state index in [0.29, 0.717) is 22.0 Å². The van der Waals surface area contributed by atoms with Gasteiger partial charge in [0.25, 0.3) is 0 Å². The van der Waals surface area contributed by atoms with Gasteiger partial charge in [-0.3, -0.25) is 0 Å². The Balaban J connectivity index is 2.25. The van der Waals surface area contributed by atoms with Crippen LogP contribution in [0.25, 0.3) is 0 Å². The summed E-state index contributed by atoms with van der Waals surface area (Å²) in [7, 11) is 1.95. The van der Waals surface area contributed by atoms with Crippen molar-refractivity contribution in [3.8, 4) is 0 Å². The molecule has 0 saturated heterocycles. The molecule has 0 saturated carbocycles. The van der Waals surface area contributed by atoms with Gasteiger partial charge in [-0.15, -0.1) is 0 Å². The monoisotopic (exact) mass is 333 g/mol. The molecule has 5 heteroatoms. The summed E-state index contributed by atoms with van der Waals surface area (Å²) in [6.45, 7) is 6.62. The Bertz CT molecular complexity index is 728. The lowest BCUT2D eigenvalue weighted by Crippen LogP contribution is -2.14. The molecule has 0 bridgehead atoms. The van der Waals surface area contributed by atoms with Crippen molar-refractivity contribution in [2.75, 3.05) is 18.9 Å². The molecule has 0 radical (unpaired) electrons. The van der Waals surface area contributed by atoms with Crippen LogP contribution in [0.1, 0.15) is 18.1 Å². The van der Waals surface area contributed by atoms with Crippen LogP contribution in [0.4, 0.5) is 21.5 Å². The molecule has 2 aromatic rings. The number of aryl methyl sites for hydroxylation is 2. The lowest BCUT2D eigenvalue weighted by atomic mass is 10.1. The highest BCUT2D eigenvalue weighted by Gasteiger charge is 2.07. The third-order valence-corrected chi connectivity index (χ3v) is 3.94. The van der Waals surface area contributed by atoms with Gasteiger partial charge in [0.15, 0.2) is 0 Å².